The first-order valence-electron chi connectivity index (χ1n) is 0.707. The summed E-state index contributed by atoms with van der Waals surface area (Å²) in [6.07, 6.45) is 0. The van der Waals surface area contributed by atoms with E-state index < -0.39 is 0 Å². The van der Waals surface area contributed by atoms with Gasteiger partial charge in [0.15, 0.2) is 0 Å². The summed E-state index contributed by atoms with van der Waals surface area (Å²) >= 11 is 0. The fraction of sp³-hybridized carbons (Fsp3) is 0.750. The maximum Gasteiger partial charge on any atom is 0 e. The van der Waals surface area contributed by atoms with Gasteiger partial charge in [0.25, 0.3) is 0 Å². The van der Waals surface area contributed by atoms with E-state index in [4.69, 9.17) is 0 Å². The Kier molecular flexibility index (Phi) is 545. The fourth-order valence-electron chi connectivity index (χ4n) is 0. The SMILES string of the molecule is C.C.[CH2-]C.[W].[Y]. The number of hydrogen-bond donors (Lipinski definition) is 0. The average Bonchev–Trinajstić information content (AvgIpc) is 1.00. The molecular weight excluding hydrogens is 321 g/mol. The van der Waals surface area contributed by atoms with E-state index in [1.54, 1.807) is 6.92 Å². The molecule has 0 nitrogen and oxygen atoms in total. The van der Waals surface area contributed by atoms with Gasteiger partial charge in [-0.15, -0.1) is 0 Å². The first-order valence-corrected chi connectivity index (χ1v) is 0.707. The topological polar surface area (TPSA) is 0 Å². The second-order valence-electron chi connectivity index (χ2n) is 0. The molecule has 0 bridgehead atoms. The fourth-order valence-corrected chi connectivity index (χ4v) is 0. The van der Waals surface area contributed by atoms with Crippen LogP contribution in [-0.4, -0.2) is 0 Å². The first kappa shape index (κ1) is 46.1. The van der Waals surface area contributed by atoms with Gasteiger partial charge < -0.3 is 6.92 Å². The zero-order valence-electron chi connectivity index (χ0n) is 2.69. The molecule has 0 fully saturated rings. The molecule has 1 radical (unpaired) electrons. The van der Waals surface area contributed by atoms with Crippen molar-refractivity contribution in [3.63, 3.8) is 0 Å². The van der Waals surface area contributed by atoms with Gasteiger partial charge in [-0.3, -0.25) is 0 Å². The van der Waals surface area contributed by atoms with E-state index in [2.05, 4.69) is 6.92 Å². The second-order valence-corrected chi connectivity index (χ2v) is 0. The molecule has 0 aromatic carbocycles. The summed E-state index contributed by atoms with van der Waals surface area (Å²) in [4.78, 5) is 0. The molecule has 0 spiro atoms. The molecule has 0 N–H and O–H groups in total. The van der Waals surface area contributed by atoms with Gasteiger partial charge in [0.2, 0.25) is 0 Å². The maximum atomic E-state index is 3.25. The molecule has 0 aromatic heterocycles. The zero-order chi connectivity index (χ0) is 2.00. The Hall–Kier alpha value is 1.79. The van der Waals surface area contributed by atoms with Gasteiger partial charge in [-0.25, -0.2) is 0 Å². The van der Waals surface area contributed by atoms with E-state index in [1.165, 1.54) is 0 Å². The molecule has 0 rings (SSSR count). The summed E-state index contributed by atoms with van der Waals surface area (Å²) in [5.41, 5.74) is 0. The minimum Gasteiger partial charge on any atom is -0.346 e. The Balaban J connectivity index is -0.000000000833. The molecular formula is C4H13WY-. The van der Waals surface area contributed by atoms with Gasteiger partial charge in [-0.1, -0.05) is 14.9 Å². The van der Waals surface area contributed by atoms with Crippen LogP contribution in [0, 0.1) is 6.92 Å². The minimum atomic E-state index is 0. The van der Waals surface area contributed by atoms with E-state index in [0.717, 1.165) is 0 Å². The maximum absolute atomic E-state index is 3.25. The predicted molar refractivity (Wildman–Crippen MR) is 24.5 cm³/mol. The van der Waals surface area contributed by atoms with Crippen LogP contribution in [0.3, 0.4) is 0 Å². The van der Waals surface area contributed by atoms with Crippen LogP contribution < -0.4 is 0 Å². The molecule has 6 heavy (non-hydrogen) atoms. The van der Waals surface area contributed by atoms with E-state index in [1.807, 2.05) is 0 Å². The average molecular weight is 334 g/mol. The Morgan fingerprint density at radius 1 is 1.00 bits per heavy atom. The third kappa shape index (κ3) is 41.4. The molecule has 0 heterocycles. The van der Waals surface area contributed by atoms with Gasteiger partial charge in [-0.05, 0) is 0 Å². The number of rotatable bonds is 0. The number of hydrogen-bond acceptors (Lipinski definition) is 0. The smallest absolute Gasteiger partial charge is 0 e. The van der Waals surface area contributed by atoms with Crippen LogP contribution in [0.25, 0.3) is 0 Å². The zero-order valence-corrected chi connectivity index (χ0v) is 8.46. The van der Waals surface area contributed by atoms with Crippen molar-refractivity contribution in [1.29, 1.82) is 0 Å². The molecule has 0 aliphatic rings. The van der Waals surface area contributed by atoms with Gasteiger partial charge in [0.1, 0.15) is 0 Å². The molecule has 0 amide bonds. The van der Waals surface area contributed by atoms with Gasteiger partial charge >= 0.3 is 0 Å². The van der Waals surface area contributed by atoms with Crippen molar-refractivity contribution in [3.05, 3.63) is 6.92 Å². The quantitative estimate of drug-likeness (QED) is 0.596. The molecule has 0 aliphatic carbocycles. The van der Waals surface area contributed by atoms with Crippen LogP contribution in [0.4, 0.5) is 0 Å². The van der Waals surface area contributed by atoms with Crippen LogP contribution >= 0.6 is 0 Å². The minimum absolute atomic E-state index is 0. The van der Waals surface area contributed by atoms with Gasteiger partial charge in [0.05, 0.1) is 0 Å². The van der Waals surface area contributed by atoms with Crippen molar-refractivity contribution < 1.29 is 53.8 Å². The summed E-state index contributed by atoms with van der Waals surface area (Å²) in [5.74, 6) is 0. The molecule has 0 saturated heterocycles. The van der Waals surface area contributed by atoms with Crippen molar-refractivity contribution in [3.8, 4) is 0 Å². The third-order valence-corrected chi connectivity index (χ3v) is 0. The standard InChI is InChI=1S/C2H5.2CH4.W.Y/c1-2;;;;/h1H2,2H3;2*1H4;;/q-1;;;;. The second kappa shape index (κ2) is 70.9. The van der Waals surface area contributed by atoms with E-state index >= 15 is 0 Å². The molecule has 2 heteroatoms. The first-order chi connectivity index (χ1) is 1.00. The van der Waals surface area contributed by atoms with Crippen LogP contribution in [0.15, 0.2) is 0 Å². The van der Waals surface area contributed by atoms with Crippen molar-refractivity contribution in [2.24, 2.45) is 0 Å². The van der Waals surface area contributed by atoms with E-state index in [-0.39, 0.29) is 68.6 Å². The predicted octanol–water partition coefficient (Wildman–Crippen LogP) is 2.11. The van der Waals surface area contributed by atoms with Crippen LogP contribution in [-0.2, 0) is 53.8 Å². The summed E-state index contributed by atoms with van der Waals surface area (Å²) < 4.78 is 0. The molecule has 0 atom stereocenters. The van der Waals surface area contributed by atoms with Crippen LogP contribution in [0.5, 0.6) is 0 Å². The Labute approximate surface area is 81.6 Å². The summed E-state index contributed by atoms with van der Waals surface area (Å²) in [6.45, 7) is 5.00. The Morgan fingerprint density at radius 3 is 1.00 bits per heavy atom. The molecule has 0 aromatic rings. The molecule has 0 aliphatic heterocycles. The largest absolute Gasteiger partial charge is 0.346 e. The van der Waals surface area contributed by atoms with Gasteiger partial charge in [-0.2, -0.15) is 6.92 Å². The monoisotopic (exact) mass is 334 g/mol. The van der Waals surface area contributed by atoms with Crippen LogP contribution in [0.1, 0.15) is 21.8 Å². The van der Waals surface area contributed by atoms with Crippen molar-refractivity contribution >= 4 is 0 Å². The van der Waals surface area contributed by atoms with Crippen molar-refractivity contribution in [2.75, 3.05) is 0 Å². The molecule has 39 valence electrons. The third-order valence-electron chi connectivity index (χ3n) is 0. The summed E-state index contributed by atoms with van der Waals surface area (Å²) in [5, 5.41) is 0. The van der Waals surface area contributed by atoms with Crippen LogP contribution in [0.2, 0.25) is 0 Å². The summed E-state index contributed by atoms with van der Waals surface area (Å²) in [7, 11) is 0. The van der Waals surface area contributed by atoms with E-state index in [9.17, 15) is 0 Å². The van der Waals surface area contributed by atoms with E-state index in [0.29, 0.717) is 0 Å². The van der Waals surface area contributed by atoms with Gasteiger partial charge in [0, 0.05) is 53.8 Å². The Bertz CT molecular complexity index is 7.51. The normalized spacial score (nSPS) is 1.00. The molecule has 0 saturated carbocycles. The molecule has 0 unspecified atom stereocenters. The van der Waals surface area contributed by atoms with Crippen molar-refractivity contribution in [2.45, 2.75) is 21.8 Å². The van der Waals surface area contributed by atoms with Crippen molar-refractivity contribution in [1.82, 2.24) is 0 Å². The summed E-state index contributed by atoms with van der Waals surface area (Å²) in [6, 6.07) is 0. The Morgan fingerprint density at radius 2 is 1.00 bits per heavy atom.